The van der Waals surface area contributed by atoms with Crippen LogP contribution < -0.4 is 24.2 Å². The number of aromatic nitrogens is 2. The molecule has 12 heteroatoms. The van der Waals surface area contributed by atoms with Gasteiger partial charge in [0.05, 0.1) is 32.5 Å². The Morgan fingerprint density at radius 2 is 1.57 bits per heavy atom. The van der Waals surface area contributed by atoms with E-state index in [9.17, 15) is 12.8 Å². The number of hydrogen-bond acceptors (Lipinski definition) is 8. The zero-order chi connectivity index (χ0) is 21.2. The Morgan fingerprint density at radius 1 is 0.933 bits per heavy atom. The van der Waals surface area contributed by atoms with Gasteiger partial charge < -0.3 is 19.5 Å². The highest BCUT2D eigenvalue weighted by Gasteiger charge is 2.21. The zero-order valence-corrected chi connectivity index (χ0v) is 18.1. The lowest BCUT2D eigenvalue weighted by atomic mass is 10.2. The molecule has 1 heterocycles. The van der Waals surface area contributed by atoms with Crippen LogP contribution in [-0.2, 0) is 10.0 Å². The van der Waals surface area contributed by atoms with E-state index in [1.165, 1.54) is 34.7 Å². The average molecular weight is 459 g/mol. The molecule has 2 N–H and O–H groups in total. The molecule has 2 aromatic carbocycles. The van der Waals surface area contributed by atoms with Crippen LogP contribution in [0.25, 0.3) is 10.9 Å². The topological polar surface area (TPSA) is 112 Å². The van der Waals surface area contributed by atoms with Gasteiger partial charge in [0.25, 0.3) is 0 Å². The summed E-state index contributed by atoms with van der Waals surface area (Å²) in [5.74, 6) is 0.452. The minimum absolute atomic E-state index is 0. The number of ether oxygens (including phenoxy) is 3. The first kappa shape index (κ1) is 23.4. The predicted molar refractivity (Wildman–Crippen MR) is 112 cm³/mol. The maximum Gasteiger partial charge on any atom is 0.243 e. The van der Waals surface area contributed by atoms with Crippen molar-refractivity contribution in [3.63, 3.8) is 0 Å². The second-order valence-corrected chi connectivity index (χ2v) is 7.62. The predicted octanol–water partition coefficient (Wildman–Crippen LogP) is 2.87. The molecule has 162 valence electrons. The summed E-state index contributed by atoms with van der Waals surface area (Å²) in [6, 6.07) is 5.48. The van der Waals surface area contributed by atoms with E-state index in [0.717, 1.165) is 12.1 Å². The minimum Gasteiger partial charge on any atom is -0.494 e. The summed E-state index contributed by atoms with van der Waals surface area (Å²) < 4.78 is 56.4. The Balaban J connectivity index is 0.00000320. The molecule has 3 aromatic rings. The number of rotatable bonds is 7. The van der Waals surface area contributed by atoms with E-state index in [1.807, 2.05) is 0 Å². The molecule has 0 unspecified atom stereocenters. The highest BCUT2D eigenvalue weighted by Crippen LogP contribution is 2.37. The number of hydrogen-bond donors (Lipinski definition) is 2. The Kier molecular flexibility index (Phi) is 7.24. The number of nitrogens with zero attached hydrogens (tertiary/aromatic N) is 2. The summed E-state index contributed by atoms with van der Waals surface area (Å²) in [6.07, 6.45) is 1.33. The number of methoxy groups -OCH3 is 3. The SMILES string of the molecule is CNS(=O)(=O)c1cc(Nc2ncnc3cc(OC)c(OC)cc23)c(OC)cc1F.Cl. The molecule has 0 radical (unpaired) electrons. The van der Waals surface area contributed by atoms with Crippen molar-refractivity contribution in [1.29, 1.82) is 0 Å². The monoisotopic (exact) mass is 458 g/mol. The van der Waals surface area contributed by atoms with Crippen molar-refractivity contribution in [2.75, 3.05) is 33.7 Å². The van der Waals surface area contributed by atoms with Gasteiger partial charge in [0.2, 0.25) is 10.0 Å². The maximum atomic E-state index is 14.3. The molecule has 0 spiro atoms. The van der Waals surface area contributed by atoms with Crippen LogP contribution >= 0.6 is 12.4 Å². The molecule has 30 heavy (non-hydrogen) atoms. The van der Waals surface area contributed by atoms with Gasteiger partial charge in [0.1, 0.15) is 28.6 Å². The average Bonchev–Trinajstić information content (AvgIpc) is 2.73. The first-order chi connectivity index (χ1) is 13.8. The molecule has 0 saturated carbocycles. The summed E-state index contributed by atoms with van der Waals surface area (Å²) in [6.45, 7) is 0. The van der Waals surface area contributed by atoms with E-state index in [4.69, 9.17) is 14.2 Å². The van der Waals surface area contributed by atoms with Crippen LogP contribution in [0.1, 0.15) is 0 Å². The molecule has 9 nitrogen and oxygen atoms in total. The van der Waals surface area contributed by atoms with E-state index >= 15 is 0 Å². The smallest absolute Gasteiger partial charge is 0.243 e. The van der Waals surface area contributed by atoms with Crippen LogP contribution in [0.15, 0.2) is 35.5 Å². The highest BCUT2D eigenvalue weighted by atomic mass is 35.5. The van der Waals surface area contributed by atoms with Gasteiger partial charge in [-0.3, -0.25) is 0 Å². The zero-order valence-electron chi connectivity index (χ0n) is 16.5. The molecule has 0 fully saturated rings. The van der Waals surface area contributed by atoms with Gasteiger partial charge in [-0.25, -0.2) is 27.5 Å². The summed E-state index contributed by atoms with van der Waals surface area (Å²) >= 11 is 0. The third kappa shape index (κ3) is 4.32. The minimum atomic E-state index is -4.02. The Morgan fingerprint density at radius 3 is 2.17 bits per heavy atom. The Hall–Kier alpha value is -2.89. The number of nitrogens with one attached hydrogen (secondary N) is 2. The summed E-state index contributed by atoms with van der Waals surface area (Å²) in [4.78, 5) is 7.89. The largest absolute Gasteiger partial charge is 0.494 e. The van der Waals surface area contributed by atoms with E-state index in [2.05, 4.69) is 20.0 Å². The van der Waals surface area contributed by atoms with Gasteiger partial charge in [-0.15, -0.1) is 12.4 Å². The quantitative estimate of drug-likeness (QED) is 0.556. The van der Waals surface area contributed by atoms with Gasteiger partial charge in [-0.2, -0.15) is 0 Å². The van der Waals surface area contributed by atoms with Crippen LogP contribution in [0.5, 0.6) is 17.2 Å². The second kappa shape index (κ2) is 9.28. The Labute approximate surface area is 179 Å². The van der Waals surface area contributed by atoms with E-state index in [1.54, 1.807) is 12.1 Å². The molecule has 3 rings (SSSR count). The second-order valence-electron chi connectivity index (χ2n) is 5.76. The number of sulfonamides is 1. The van der Waals surface area contributed by atoms with Crippen molar-refractivity contribution < 1.29 is 27.0 Å². The lowest BCUT2D eigenvalue weighted by Crippen LogP contribution is -2.20. The van der Waals surface area contributed by atoms with Gasteiger partial charge in [0.15, 0.2) is 11.5 Å². The molecule has 0 amide bonds. The third-order valence-electron chi connectivity index (χ3n) is 4.21. The van der Waals surface area contributed by atoms with Crippen LogP contribution in [0, 0.1) is 5.82 Å². The molecule has 1 aromatic heterocycles. The van der Waals surface area contributed by atoms with Crippen LogP contribution in [0.4, 0.5) is 15.9 Å². The normalized spacial score (nSPS) is 11.0. The first-order valence-electron chi connectivity index (χ1n) is 8.29. The maximum absolute atomic E-state index is 14.3. The molecule has 0 bridgehead atoms. The fourth-order valence-electron chi connectivity index (χ4n) is 2.73. The number of fused-ring (bicyclic) bond motifs is 1. The van der Waals surface area contributed by atoms with Crippen LogP contribution in [0.2, 0.25) is 0 Å². The van der Waals surface area contributed by atoms with Gasteiger partial charge in [0, 0.05) is 17.5 Å². The summed E-state index contributed by atoms with van der Waals surface area (Å²) in [5.41, 5.74) is 0.766. The molecule has 0 aliphatic rings. The molecule has 0 atom stereocenters. The third-order valence-corrected chi connectivity index (χ3v) is 5.64. The van der Waals surface area contributed by atoms with Crippen molar-refractivity contribution in [3.05, 3.63) is 36.4 Å². The first-order valence-corrected chi connectivity index (χ1v) is 9.77. The Bertz CT molecular complexity index is 1180. The van der Waals surface area contributed by atoms with Crippen LogP contribution in [0.3, 0.4) is 0 Å². The lowest BCUT2D eigenvalue weighted by molar-refractivity contribution is 0.356. The lowest BCUT2D eigenvalue weighted by Gasteiger charge is -2.15. The summed E-state index contributed by atoms with van der Waals surface area (Å²) in [7, 11) is 1.53. The van der Waals surface area contributed by atoms with Crippen molar-refractivity contribution in [2.24, 2.45) is 0 Å². The van der Waals surface area contributed by atoms with Crippen molar-refractivity contribution in [1.82, 2.24) is 14.7 Å². The van der Waals surface area contributed by atoms with Crippen molar-refractivity contribution >= 4 is 44.8 Å². The van der Waals surface area contributed by atoms with Gasteiger partial charge in [-0.05, 0) is 19.2 Å². The van der Waals surface area contributed by atoms with Crippen molar-refractivity contribution in [2.45, 2.75) is 4.90 Å². The molecular formula is C18H20ClFN4O5S. The molecule has 0 saturated heterocycles. The number of halogens is 2. The van der Waals surface area contributed by atoms with Crippen LogP contribution in [-0.4, -0.2) is 46.8 Å². The highest BCUT2D eigenvalue weighted by molar-refractivity contribution is 7.89. The van der Waals surface area contributed by atoms with Crippen molar-refractivity contribution in [3.8, 4) is 17.2 Å². The van der Waals surface area contributed by atoms with E-state index in [0.29, 0.717) is 28.2 Å². The fourth-order valence-corrected chi connectivity index (χ4v) is 3.54. The fraction of sp³-hybridized carbons (Fsp3) is 0.222. The summed E-state index contributed by atoms with van der Waals surface area (Å²) in [5, 5.41) is 3.57. The standard InChI is InChI=1S/C18H19FN4O5S.ClH/c1-20-29(24,25)17-8-13(14(26-2)6-11(17)19)23-18-10-5-15(27-3)16(28-4)7-12(10)21-9-22-18;/h5-9,20H,1-4H3,(H,21,22,23);1H. The van der Waals surface area contributed by atoms with E-state index in [-0.39, 0.29) is 23.8 Å². The van der Waals surface area contributed by atoms with Gasteiger partial charge >= 0.3 is 0 Å². The number of anilines is 2. The van der Waals surface area contributed by atoms with E-state index < -0.39 is 20.7 Å². The number of benzene rings is 2. The van der Waals surface area contributed by atoms with Gasteiger partial charge in [-0.1, -0.05) is 0 Å². The molecule has 0 aliphatic carbocycles. The molecular weight excluding hydrogens is 439 g/mol. The molecule has 0 aliphatic heterocycles.